The van der Waals surface area contributed by atoms with Gasteiger partial charge in [-0.05, 0) is 29.8 Å². The molecule has 1 aliphatic heterocycles. The number of benzene rings is 1. The highest BCUT2D eigenvalue weighted by molar-refractivity contribution is 6.30. The van der Waals surface area contributed by atoms with Crippen molar-refractivity contribution in [3.8, 4) is 0 Å². The highest BCUT2D eigenvalue weighted by Gasteiger charge is 2.32. The number of aryl methyl sites for hydroxylation is 1. The number of nitrogens with zero attached hydrogens (tertiary/aromatic N) is 4. The van der Waals surface area contributed by atoms with Crippen LogP contribution in [0, 0.1) is 0 Å². The summed E-state index contributed by atoms with van der Waals surface area (Å²) < 4.78 is 1.65. The average molecular weight is 411 g/mol. The summed E-state index contributed by atoms with van der Waals surface area (Å²) in [5, 5.41) is 10.6. The van der Waals surface area contributed by atoms with Crippen LogP contribution < -0.4 is 10.6 Å². The summed E-state index contributed by atoms with van der Waals surface area (Å²) in [6.45, 7) is 1.04. The van der Waals surface area contributed by atoms with Crippen molar-refractivity contribution in [2.75, 3.05) is 5.32 Å². The second kappa shape index (κ2) is 7.92. The summed E-state index contributed by atoms with van der Waals surface area (Å²) in [4.78, 5) is 31.0. The van der Waals surface area contributed by atoms with Gasteiger partial charge >= 0.3 is 6.03 Å². The molecule has 2 N–H and O–H groups in total. The van der Waals surface area contributed by atoms with Crippen LogP contribution in [-0.2, 0) is 26.7 Å². The van der Waals surface area contributed by atoms with Gasteiger partial charge in [-0.15, -0.1) is 0 Å². The van der Waals surface area contributed by atoms with Crippen LogP contribution in [-0.4, -0.2) is 31.6 Å². The second-order valence-corrected chi connectivity index (χ2v) is 7.17. The molecule has 0 bridgehead atoms. The summed E-state index contributed by atoms with van der Waals surface area (Å²) in [6, 6.07) is 10.4. The van der Waals surface area contributed by atoms with Gasteiger partial charge in [0.2, 0.25) is 0 Å². The highest BCUT2D eigenvalue weighted by Crippen LogP contribution is 2.26. The van der Waals surface area contributed by atoms with Gasteiger partial charge in [-0.3, -0.25) is 14.5 Å². The molecule has 0 saturated carbocycles. The van der Waals surface area contributed by atoms with E-state index in [0.717, 1.165) is 16.8 Å². The lowest BCUT2D eigenvalue weighted by molar-refractivity contribution is 0.0943. The van der Waals surface area contributed by atoms with Gasteiger partial charge in [0.05, 0.1) is 18.8 Å². The lowest BCUT2D eigenvalue weighted by atomic mass is 10.2. The zero-order valence-corrected chi connectivity index (χ0v) is 16.5. The van der Waals surface area contributed by atoms with Crippen molar-refractivity contribution in [2.24, 2.45) is 7.05 Å². The minimum Gasteiger partial charge on any atom is -0.346 e. The monoisotopic (exact) mass is 410 g/mol. The molecule has 0 unspecified atom stereocenters. The second-order valence-electron chi connectivity index (χ2n) is 6.74. The molecule has 3 amide bonds. The Labute approximate surface area is 172 Å². The number of hydrogen-bond acceptors (Lipinski definition) is 4. The summed E-state index contributed by atoms with van der Waals surface area (Å²) in [5.41, 5.74) is 3.46. The molecule has 1 aliphatic rings. The maximum Gasteiger partial charge on any atom is 0.322 e. The Kier molecular flexibility index (Phi) is 5.18. The minimum atomic E-state index is -0.275. The molecule has 0 fully saturated rings. The molecule has 9 heteroatoms. The number of rotatable bonds is 4. The maximum atomic E-state index is 12.7. The Morgan fingerprint density at radius 2 is 2.07 bits per heavy atom. The number of urea groups is 1. The van der Waals surface area contributed by atoms with Gasteiger partial charge in [0.25, 0.3) is 5.91 Å². The van der Waals surface area contributed by atoms with E-state index in [1.165, 1.54) is 0 Å². The topological polar surface area (TPSA) is 92.2 Å². The number of carbonyl (C=O) groups excluding carboxylic acids is 2. The fourth-order valence-electron chi connectivity index (χ4n) is 3.26. The summed E-state index contributed by atoms with van der Waals surface area (Å²) in [7, 11) is 1.77. The van der Waals surface area contributed by atoms with Gasteiger partial charge in [-0.25, -0.2) is 4.79 Å². The number of hydrogen-bond donors (Lipinski definition) is 2. The van der Waals surface area contributed by atoms with Crippen molar-refractivity contribution in [1.29, 1.82) is 0 Å². The van der Waals surface area contributed by atoms with E-state index in [1.807, 2.05) is 12.1 Å². The van der Waals surface area contributed by atoms with Crippen molar-refractivity contribution in [3.63, 3.8) is 0 Å². The first-order chi connectivity index (χ1) is 14.0. The molecule has 148 valence electrons. The third kappa shape index (κ3) is 4.07. The van der Waals surface area contributed by atoms with Crippen molar-refractivity contribution >= 4 is 29.2 Å². The quantitative estimate of drug-likeness (QED) is 0.691. The van der Waals surface area contributed by atoms with Crippen molar-refractivity contribution in [2.45, 2.75) is 19.6 Å². The molecular weight excluding hydrogens is 392 g/mol. The van der Waals surface area contributed by atoms with Crippen molar-refractivity contribution in [3.05, 3.63) is 76.3 Å². The van der Waals surface area contributed by atoms with Crippen molar-refractivity contribution < 1.29 is 9.59 Å². The Hall–Kier alpha value is -3.39. The number of fused-ring (bicyclic) bond motifs is 1. The molecular formula is C20H19ClN6O2. The lowest BCUT2D eigenvalue weighted by Crippen LogP contribution is -2.31. The SMILES string of the molecule is Cn1nc(C(=O)NCc2cccnc2)c2c1CN(C(=O)Nc1cccc(Cl)c1)C2. The van der Waals surface area contributed by atoms with Crippen LogP contribution in [0.4, 0.5) is 10.5 Å². The van der Waals surface area contributed by atoms with E-state index in [1.54, 1.807) is 53.3 Å². The van der Waals surface area contributed by atoms with Crippen LogP contribution in [0.5, 0.6) is 0 Å². The number of carbonyl (C=O) groups is 2. The average Bonchev–Trinajstić information content (AvgIpc) is 3.28. The molecule has 0 atom stereocenters. The van der Waals surface area contributed by atoms with Crippen LogP contribution in [0.3, 0.4) is 0 Å². The van der Waals surface area contributed by atoms with E-state index in [2.05, 4.69) is 20.7 Å². The Morgan fingerprint density at radius 3 is 2.83 bits per heavy atom. The molecule has 2 aromatic heterocycles. The fraction of sp³-hybridized carbons (Fsp3) is 0.200. The third-order valence-electron chi connectivity index (χ3n) is 4.72. The number of nitrogens with one attached hydrogen (secondary N) is 2. The Morgan fingerprint density at radius 1 is 1.21 bits per heavy atom. The number of anilines is 1. The summed E-state index contributed by atoms with van der Waals surface area (Å²) in [6.07, 6.45) is 3.38. The van der Waals surface area contributed by atoms with Crippen LogP contribution in [0.25, 0.3) is 0 Å². The first kappa shape index (κ1) is 18.9. The highest BCUT2D eigenvalue weighted by atomic mass is 35.5. The minimum absolute atomic E-state index is 0.259. The van der Waals surface area contributed by atoms with E-state index in [-0.39, 0.29) is 11.9 Å². The molecule has 29 heavy (non-hydrogen) atoms. The molecule has 4 rings (SSSR count). The molecule has 8 nitrogen and oxygen atoms in total. The third-order valence-corrected chi connectivity index (χ3v) is 4.95. The van der Waals surface area contributed by atoms with Gasteiger partial charge in [-0.1, -0.05) is 23.7 Å². The molecule has 3 heterocycles. The molecule has 0 radical (unpaired) electrons. The summed E-state index contributed by atoms with van der Waals surface area (Å²) >= 11 is 5.97. The molecule has 0 spiro atoms. The predicted molar refractivity (Wildman–Crippen MR) is 108 cm³/mol. The Balaban J connectivity index is 1.44. The molecule has 3 aromatic rings. The standard InChI is InChI=1S/C20H19ClN6O2/c1-26-17-12-27(20(29)24-15-6-2-5-14(21)8-15)11-16(17)18(25-26)19(28)23-10-13-4-3-7-22-9-13/h2-9H,10-12H2,1H3,(H,23,28)(H,24,29). The maximum absolute atomic E-state index is 12.7. The van der Waals surface area contributed by atoms with Crippen LogP contribution in [0.15, 0.2) is 48.8 Å². The van der Waals surface area contributed by atoms with Crippen LogP contribution >= 0.6 is 11.6 Å². The Bertz CT molecular complexity index is 1070. The normalized spacial score (nSPS) is 12.6. The van der Waals surface area contributed by atoms with Gasteiger partial charge in [0, 0.05) is 42.3 Å². The first-order valence-corrected chi connectivity index (χ1v) is 9.42. The number of halogens is 1. The van der Waals surface area contributed by atoms with Gasteiger partial charge in [0.15, 0.2) is 5.69 Å². The van der Waals surface area contributed by atoms with Gasteiger partial charge in [0.1, 0.15) is 0 Å². The lowest BCUT2D eigenvalue weighted by Gasteiger charge is -2.17. The predicted octanol–water partition coefficient (Wildman–Crippen LogP) is 2.95. The number of pyridine rings is 1. The van der Waals surface area contributed by atoms with Gasteiger partial charge < -0.3 is 15.5 Å². The van der Waals surface area contributed by atoms with E-state index in [0.29, 0.717) is 36.0 Å². The number of aromatic nitrogens is 3. The zero-order valence-electron chi connectivity index (χ0n) is 15.7. The van der Waals surface area contributed by atoms with E-state index < -0.39 is 0 Å². The largest absolute Gasteiger partial charge is 0.346 e. The van der Waals surface area contributed by atoms with E-state index in [4.69, 9.17) is 11.6 Å². The molecule has 0 aliphatic carbocycles. The van der Waals surface area contributed by atoms with Gasteiger partial charge in [-0.2, -0.15) is 5.10 Å². The van der Waals surface area contributed by atoms with E-state index >= 15 is 0 Å². The molecule has 1 aromatic carbocycles. The first-order valence-electron chi connectivity index (χ1n) is 9.04. The zero-order chi connectivity index (χ0) is 20.4. The number of amides is 3. The fourth-order valence-corrected chi connectivity index (χ4v) is 3.45. The summed E-state index contributed by atoms with van der Waals surface area (Å²) in [5.74, 6) is -0.275. The van der Waals surface area contributed by atoms with E-state index in [9.17, 15) is 9.59 Å². The van der Waals surface area contributed by atoms with Crippen LogP contribution in [0.2, 0.25) is 5.02 Å². The van der Waals surface area contributed by atoms with Crippen LogP contribution in [0.1, 0.15) is 27.3 Å². The van der Waals surface area contributed by atoms with Crippen molar-refractivity contribution in [1.82, 2.24) is 25.0 Å². The molecule has 0 saturated heterocycles. The smallest absolute Gasteiger partial charge is 0.322 e.